The van der Waals surface area contributed by atoms with Crippen molar-refractivity contribution in [3.63, 3.8) is 0 Å². The minimum atomic E-state index is -2.87. The second kappa shape index (κ2) is 9.79. The van der Waals surface area contributed by atoms with Gasteiger partial charge in [0, 0.05) is 15.8 Å². The van der Waals surface area contributed by atoms with Crippen molar-refractivity contribution in [2.45, 2.75) is 5.54 Å². The Morgan fingerprint density at radius 3 is 0.865 bits per heavy atom. The van der Waals surface area contributed by atoms with Crippen LogP contribution >= 0.6 is 0 Å². The maximum Gasteiger partial charge on any atom is 0.200 e. The molecular formula is C21H2F15Si. The molecule has 0 bridgehead atoms. The molecule has 0 saturated heterocycles. The standard InChI is InChI=1S/C21H2F15Si/c22-7-4(8(23)14(29)19(34)13(7)28)2(5-9(24)15(30)20(35)16(31)10(5)25)1-3(37)6-11(26)17(32)21(36)18(33)12(6)27/h1,3H. The molecule has 0 fully saturated rings. The van der Waals surface area contributed by atoms with Gasteiger partial charge >= 0.3 is 0 Å². The van der Waals surface area contributed by atoms with Crippen LogP contribution in [-0.4, -0.2) is 10.2 Å². The predicted molar refractivity (Wildman–Crippen MR) is 94.3 cm³/mol. The van der Waals surface area contributed by atoms with Crippen LogP contribution in [0.25, 0.3) is 5.57 Å². The second-order valence-corrected chi connectivity index (χ2v) is 7.55. The van der Waals surface area contributed by atoms with Crippen LogP contribution in [0.15, 0.2) is 6.08 Å². The first-order valence-electron chi connectivity index (χ1n) is 9.03. The van der Waals surface area contributed by atoms with Gasteiger partial charge in [0.05, 0.1) is 11.1 Å². The number of benzene rings is 3. The quantitative estimate of drug-likeness (QED) is 0.137. The molecule has 3 radical (unpaired) electrons. The third-order valence-corrected chi connectivity index (χ3v) is 5.30. The number of hydrogen-bond acceptors (Lipinski definition) is 0. The van der Waals surface area contributed by atoms with E-state index in [1.807, 2.05) is 0 Å². The summed E-state index contributed by atoms with van der Waals surface area (Å²) in [5, 5.41) is 0. The van der Waals surface area contributed by atoms with Crippen LogP contribution in [0.3, 0.4) is 0 Å². The summed E-state index contributed by atoms with van der Waals surface area (Å²) in [5.74, 6) is -41.6. The van der Waals surface area contributed by atoms with Crippen molar-refractivity contribution in [2.24, 2.45) is 0 Å². The molecule has 0 aliphatic rings. The van der Waals surface area contributed by atoms with Crippen LogP contribution in [0.1, 0.15) is 22.2 Å². The maximum atomic E-state index is 14.5. The lowest BCUT2D eigenvalue weighted by Gasteiger charge is -2.18. The first kappa shape index (κ1) is 28.1. The Bertz CT molecular complexity index is 1340. The van der Waals surface area contributed by atoms with Gasteiger partial charge in [-0.25, -0.2) is 65.9 Å². The van der Waals surface area contributed by atoms with Gasteiger partial charge in [-0.15, -0.1) is 0 Å². The average Bonchev–Trinajstić information content (AvgIpc) is 2.86. The summed E-state index contributed by atoms with van der Waals surface area (Å²) in [6.07, 6.45) is -0.300. The molecule has 3 aromatic rings. The van der Waals surface area contributed by atoms with Gasteiger partial charge in [0.1, 0.15) is 0 Å². The predicted octanol–water partition coefficient (Wildman–Crippen LogP) is 7.11. The largest absolute Gasteiger partial charge is 0.203 e. The smallest absolute Gasteiger partial charge is 0.200 e. The molecule has 1 unspecified atom stereocenters. The van der Waals surface area contributed by atoms with E-state index >= 15 is 0 Å². The van der Waals surface area contributed by atoms with Crippen molar-refractivity contribution in [1.29, 1.82) is 0 Å². The molecule has 0 spiro atoms. The summed E-state index contributed by atoms with van der Waals surface area (Å²) in [6.45, 7) is 0. The highest BCUT2D eigenvalue weighted by atomic mass is 28.1. The monoisotopic (exact) mass is 567 g/mol. The normalized spacial score (nSPS) is 12.2. The highest BCUT2D eigenvalue weighted by Gasteiger charge is 2.35. The molecule has 16 heteroatoms. The molecule has 0 aliphatic heterocycles. The van der Waals surface area contributed by atoms with Gasteiger partial charge in [-0.05, 0) is 11.1 Å². The Morgan fingerprint density at radius 1 is 0.378 bits per heavy atom. The van der Waals surface area contributed by atoms with Gasteiger partial charge in [0.2, 0.25) is 17.5 Å². The van der Waals surface area contributed by atoms with Crippen molar-refractivity contribution in [1.82, 2.24) is 0 Å². The van der Waals surface area contributed by atoms with Gasteiger partial charge < -0.3 is 0 Å². The van der Waals surface area contributed by atoms with E-state index < -0.39 is 115 Å². The number of allylic oxidation sites excluding steroid dienone is 1. The highest BCUT2D eigenvalue weighted by molar-refractivity contribution is 6.14. The molecular weight excluding hydrogens is 565 g/mol. The lowest BCUT2D eigenvalue weighted by Crippen LogP contribution is -2.14. The number of hydrogen-bond donors (Lipinski definition) is 0. The fourth-order valence-corrected chi connectivity index (χ4v) is 3.54. The average molecular weight is 567 g/mol. The zero-order chi connectivity index (χ0) is 28.3. The fourth-order valence-electron chi connectivity index (χ4n) is 3.12. The molecule has 3 rings (SSSR count). The van der Waals surface area contributed by atoms with Crippen LogP contribution < -0.4 is 0 Å². The Morgan fingerprint density at radius 2 is 0.595 bits per heavy atom. The molecule has 3 aromatic carbocycles. The number of halogens is 15. The summed E-state index contributed by atoms with van der Waals surface area (Å²) in [6, 6.07) is 0. The molecule has 0 saturated carbocycles. The van der Waals surface area contributed by atoms with E-state index in [0.717, 1.165) is 0 Å². The lowest BCUT2D eigenvalue weighted by molar-refractivity contribution is 0.370. The zero-order valence-corrected chi connectivity index (χ0v) is 17.8. The highest BCUT2D eigenvalue weighted by Crippen LogP contribution is 2.39. The van der Waals surface area contributed by atoms with Gasteiger partial charge in [-0.1, -0.05) is 6.08 Å². The van der Waals surface area contributed by atoms with Crippen LogP contribution in [-0.2, 0) is 0 Å². The molecule has 37 heavy (non-hydrogen) atoms. The van der Waals surface area contributed by atoms with Crippen molar-refractivity contribution < 1.29 is 65.9 Å². The molecule has 0 aliphatic carbocycles. The maximum absolute atomic E-state index is 14.5. The van der Waals surface area contributed by atoms with E-state index in [2.05, 4.69) is 10.2 Å². The van der Waals surface area contributed by atoms with Crippen LogP contribution in [0.2, 0.25) is 0 Å². The van der Waals surface area contributed by atoms with E-state index in [4.69, 9.17) is 0 Å². The van der Waals surface area contributed by atoms with Gasteiger partial charge in [-0.3, -0.25) is 0 Å². The molecule has 1 atom stereocenters. The first-order chi connectivity index (χ1) is 17.1. The van der Waals surface area contributed by atoms with E-state index in [0.29, 0.717) is 0 Å². The summed E-state index contributed by atoms with van der Waals surface area (Å²) in [5.41, 5.74) is -11.4. The van der Waals surface area contributed by atoms with Crippen molar-refractivity contribution in [3.05, 3.63) is 110 Å². The molecule has 0 aromatic heterocycles. The third kappa shape index (κ3) is 4.25. The summed E-state index contributed by atoms with van der Waals surface area (Å²) >= 11 is 0. The molecule has 0 amide bonds. The molecule has 0 N–H and O–H groups in total. The minimum Gasteiger partial charge on any atom is -0.203 e. The summed E-state index contributed by atoms with van der Waals surface area (Å²) < 4.78 is 209. The minimum absolute atomic E-state index is 0.300. The SMILES string of the molecule is Fc1c(F)c(F)c(C(=CC([Si])c2c(F)c(F)c(F)c(F)c2F)c2c(F)c(F)c(F)c(F)c2F)c(F)c1F. The number of rotatable bonds is 4. The fraction of sp³-hybridized carbons (Fsp3) is 0.0476. The lowest BCUT2D eigenvalue weighted by atomic mass is 9.92. The zero-order valence-electron chi connectivity index (χ0n) is 16.8. The van der Waals surface area contributed by atoms with Crippen LogP contribution in [0, 0.1) is 87.3 Å². The summed E-state index contributed by atoms with van der Waals surface area (Å²) in [7, 11) is 2.32. The van der Waals surface area contributed by atoms with Crippen LogP contribution in [0.4, 0.5) is 65.9 Å². The Labute approximate surface area is 198 Å². The third-order valence-electron chi connectivity index (χ3n) is 4.85. The van der Waals surface area contributed by atoms with Crippen molar-refractivity contribution in [3.8, 4) is 0 Å². The van der Waals surface area contributed by atoms with E-state index in [9.17, 15) is 65.9 Å². The van der Waals surface area contributed by atoms with E-state index in [-0.39, 0.29) is 6.08 Å². The van der Waals surface area contributed by atoms with Crippen molar-refractivity contribution in [2.75, 3.05) is 0 Å². The Balaban J connectivity index is 2.54. The molecule has 0 heterocycles. The molecule has 0 nitrogen and oxygen atoms in total. The summed E-state index contributed by atoms with van der Waals surface area (Å²) in [4.78, 5) is 0. The topological polar surface area (TPSA) is 0 Å². The van der Waals surface area contributed by atoms with E-state index in [1.54, 1.807) is 0 Å². The second-order valence-electron chi connectivity index (χ2n) is 6.93. The van der Waals surface area contributed by atoms with Gasteiger partial charge in [0.25, 0.3) is 0 Å². The van der Waals surface area contributed by atoms with E-state index in [1.165, 1.54) is 0 Å². The Hall–Kier alpha value is -3.43. The van der Waals surface area contributed by atoms with Crippen LogP contribution in [0.5, 0.6) is 0 Å². The van der Waals surface area contributed by atoms with Gasteiger partial charge in [-0.2, -0.15) is 0 Å². The molecule has 195 valence electrons. The van der Waals surface area contributed by atoms with Crippen molar-refractivity contribution >= 4 is 15.8 Å². The Kier molecular flexibility index (Phi) is 7.45. The van der Waals surface area contributed by atoms with Gasteiger partial charge in [0.15, 0.2) is 69.8 Å². The first-order valence-corrected chi connectivity index (χ1v) is 9.61.